The highest BCUT2D eigenvalue weighted by molar-refractivity contribution is 7.89. The van der Waals surface area contributed by atoms with Gasteiger partial charge >= 0.3 is 6.03 Å². The van der Waals surface area contributed by atoms with Crippen molar-refractivity contribution in [2.75, 3.05) is 93.6 Å². The van der Waals surface area contributed by atoms with Crippen LogP contribution in [0.4, 0.5) is 4.79 Å². The molecule has 3 unspecified atom stereocenters. The molecule has 0 spiro atoms. The first-order valence-electron chi connectivity index (χ1n) is 18.8. The Morgan fingerprint density at radius 1 is 0.877 bits per heavy atom. The van der Waals surface area contributed by atoms with E-state index in [1.54, 1.807) is 47.2 Å². The predicted molar refractivity (Wildman–Crippen MR) is 220 cm³/mol. The average Bonchev–Trinajstić information content (AvgIpc) is 3.59. The number of nitrogens with one attached hydrogen (secondary N) is 1. The van der Waals surface area contributed by atoms with Gasteiger partial charge < -0.3 is 29.2 Å². The van der Waals surface area contributed by atoms with Gasteiger partial charge in [-0.3, -0.25) is 19.6 Å². The summed E-state index contributed by atoms with van der Waals surface area (Å²) < 4.78 is 51.6. The molecule has 3 amide bonds. The molecule has 3 aromatic rings. The molecule has 1 N–H and O–H groups in total. The third-order valence-electron chi connectivity index (χ3n) is 9.75. The van der Waals surface area contributed by atoms with Crippen molar-refractivity contribution in [2.45, 2.75) is 36.9 Å². The summed E-state index contributed by atoms with van der Waals surface area (Å²) in [7, 11) is 0.524. The molecule has 0 radical (unpaired) electrons. The van der Waals surface area contributed by atoms with Crippen LogP contribution in [-0.4, -0.2) is 145 Å². The molecule has 1 saturated heterocycles. The highest BCUT2D eigenvalue weighted by Crippen LogP contribution is 2.46. The minimum atomic E-state index is -4.08. The predicted octanol–water partition coefficient (Wildman–Crippen LogP) is 5.11. The molecule has 0 aliphatic carbocycles. The van der Waals surface area contributed by atoms with Crippen LogP contribution in [-0.2, 0) is 29.0 Å². The molecular weight excluding hydrogens is 795 g/mol. The number of amides is 3. The summed E-state index contributed by atoms with van der Waals surface area (Å²) in [6.07, 6.45) is 0. The van der Waals surface area contributed by atoms with E-state index in [1.165, 1.54) is 30.7 Å². The maximum absolute atomic E-state index is 15.1. The van der Waals surface area contributed by atoms with E-state index in [0.29, 0.717) is 54.1 Å². The van der Waals surface area contributed by atoms with Gasteiger partial charge in [0.25, 0.3) is 0 Å². The number of hydrogen-bond acceptors (Lipinski definition) is 10. The van der Waals surface area contributed by atoms with Gasteiger partial charge in [-0.05, 0) is 67.4 Å². The maximum Gasteiger partial charge on any atom is 0.326 e. The van der Waals surface area contributed by atoms with Crippen molar-refractivity contribution in [3.63, 3.8) is 0 Å². The Morgan fingerprint density at radius 3 is 2.04 bits per heavy atom. The van der Waals surface area contributed by atoms with Crippen LogP contribution >= 0.6 is 23.2 Å². The van der Waals surface area contributed by atoms with Crippen LogP contribution in [0, 0.1) is 0 Å². The van der Waals surface area contributed by atoms with Crippen LogP contribution in [0.2, 0.25) is 10.0 Å². The second-order valence-corrected chi connectivity index (χ2v) is 16.6. The summed E-state index contributed by atoms with van der Waals surface area (Å²) in [6.45, 7) is 6.72. The number of ether oxygens (including phenoxy) is 4. The lowest BCUT2D eigenvalue weighted by Gasteiger charge is -2.39. The van der Waals surface area contributed by atoms with Gasteiger partial charge in [-0.2, -0.15) is 4.31 Å². The van der Waals surface area contributed by atoms with Crippen molar-refractivity contribution in [3.8, 4) is 5.75 Å². The molecule has 0 saturated carbocycles. The second kappa shape index (κ2) is 20.8. The number of hydrogen-bond donors (Lipinski definition) is 1. The van der Waals surface area contributed by atoms with Gasteiger partial charge in [0.2, 0.25) is 15.9 Å². The molecule has 57 heavy (non-hydrogen) atoms. The van der Waals surface area contributed by atoms with Crippen LogP contribution in [0.25, 0.3) is 0 Å². The molecule has 17 heteroatoms. The van der Waals surface area contributed by atoms with Gasteiger partial charge in [-0.15, -0.1) is 0 Å². The smallest absolute Gasteiger partial charge is 0.326 e. The van der Waals surface area contributed by atoms with Crippen molar-refractivity contribution < 1.29 is 37.0 Å². The van der Waals surface area contributed by atoms with E-state index in [2.05, 4.69) is 5.32 Å². The fraction of sp³-hybridized carbons (Fsp3) is 0.475. The zero-order valence-corrected chi connectivity index (χ0v) is 35.4. The van der Waals surface area contributed by atoms with Gasteiger partial charge in [0.05, 0.1) is 49.5 Å². The number of piperazine rings is 1. The molecule has 0 aromatic heterocycles. The number of amidine groups is 1. The summed E-state index contributed by atoms with van der Waals surface area (Å²) in [6, 6.07) is 17.4. The molecular formula is C40H52Cl2N6O8S. The normalized spacial score (nSPS) is 18.1. The van der Waals surface area contributed by atoms with E-state index in [4.69, 9.17) is 47.1 Å². The number of carbonyl (C=O) groups excluding carboxylic acids is 2. The van der Waals surface area contributed by atoms with E-state index in [0.717, 1.165) is 11.1 Å². The quantitative estimate of drug-likeness (QED) is 0.185. The number of halogens is 2. The molecule has 0 bridgehead atoms. The summed E-state index contributed by atoms with van der Waals surface area (Å²) >= 11 is 12.7. The Balaban J connectivity index is 1.60. The number of aliphatic imine (C=N–C) groups is 1. The number of nitrogens with zero attached hydrogens (tertiary/aromatic N) is 5. The van der Waals surface area contributed by atoms with Crippen LogP contribution in [0.1, 0.15) is 42.6 Å². The van der Waals surface area contributed by atoms with Crippen molar-refractivity contribution in [1.29, 1.82) is 0 Å². The van der Waals surface area contributed by atoms with Crippen molar-refractivity contribution in [1.82, 2.24) is 24.3 Å². The number of methoxy groups -OCH3 is 3. The third-order valence-corrected chi connectivity index (χ3v) is 12.1. The molecule has 3 aromatic carbocycles. The molecule has 2 heterocycles. The van der Waals surface area contributed by atoms with E-state index in [-0.39, 0.29) is 68.2 Å². The Morgan fingerprint density at radius 2 is 1.47 bits per heavy atom. The Bertz CT molecular complexity index is 1940. The lowest BCUT2D eigenvalue weighted by molar-refractivity contribution is -0.123. The average molecular weight is 848 g/mol. The van der Waals surface area contributed by atoms with Crippen LogP contribution in [0.5, 0.6) is 5.75 Å². The largest absolute Gasteiger partial charge is 0.493 e. The first-order valence-corrected chi connectivity index (χ1v) is 21.0. The van der Waals surface area contributed by atoms with Crippen LogP contribution in [0.3, 0.4) is 0 Å². The summed E-state index contributed by atoms with van der Waals surface area (Å²) in [5.74, 6) is 0.483. The summed E-state index contributed by atoms with van der Waals surface area (Å²) in [5, 5.41) is 4.01. The van der Waals surface area contributed by atoms with Crippen molar-refractivity contribution in [3.05, 3.63) is 93.5 Å². The third kappa shape index (κ3) is 11.0. The van der Waals surface area contributed by atoms with Crippen LogP contribution < -0.4 is 10.1 Å². The summed E-state index contributed by atoms with van der Waals surface area (Å²) in [4.78, 5) is 38.5. The SMILES string of the molecule is CCOc1ccc(S(=O)(=O)N(CCOC)CCOC)cc1C1=NC(c2ccc(Cl)cc2)C(c2ccc(Cl)cc2)N1C(=O)N1CCN(CC(=O)NC(C)COC)CC1. The molecule has 2 aliphatic heterocycles. The monoisotopic (exact) mass is 846 g/mol. The lowest BCUT2D eigenvalue weighted by atomic mass is 9.93. The molecule has 5 rings (SSSR count). The first-order chi connectivity index (χ1) is 27.4. The molecule has 14 nitrogen and oxygen atoms in total. The van der Waals surface area contributed by atoms with E-state index in [9.17, 15) is 13.2 Å². The fourth-order valence-corrected chi connectivity index (χ4v) is 8.62. The summed E-state index contributed by atoms with van der Waals surface area (Å²) in [5.41, 5.74) is 1.89. The molecule has 2 aliphatic rings. The standard InChI is InChI=1S/C40H52Cl2N6O8S/c1-6-56-35-16-15-33(57(51,52)47(21-23-53-3)22-24-54-4)25-34(35)39-44-37(29-7-11-31(41)12-8-29)38(30-9-13-32(42)14-10-30)48(39)40(50)46-19-17-45(18-20-46)26-36(49)43-28(2)27-55-5/h7-16,25,28,37-38H,6,17-24,26-27H2,1-5H3,(H,43,49). The van der Waals surface area contributed by atoms with Gasteiger partial charge in [0.15, 0.2) is 0 Å². The van der Waals surface area contributed by atoms with E-state index < -0.39 is 22.1 Å². The zero-order chi connectivity index (χ0) is 41.1. The maximum atomic E-state index is 15.1. The zero-order valence-electron chi connectivity index (χ0n) is 33.0. The number of sulfonamides is 1. The highest BCUT2D eigenvalue weighted by atomic mass is 35.5. The van der Waals surface area contributed by atoms with Gasteiger partial charge in [-0.1, -0.05) is 47.5 Å². The van der Waals surface area contributed by atoms with Crippen molar-refractivity contribution in [2.24, 2.45) is 4.99 Å². The van der Waals surface area contributed by atoms with E-state index >= 15 is 4.79 Å². The number of benzene rings is 3. The van der Waals surface area contributed by atoms with Gasteiger partial charge in [0, 0.05) is 76.7 Å². The molecule has 1 fully saturated rings. The highest BCUT2D eigenvalue weighted by Gasteiger charge is 2.45. The van der Waals surface area contributed by atoms with Crippen molar-refractivity contribution >= 4 is 51.0 Å². The topological polar surface area (TPSA) is 143 Å². The second-order valence-electron chi connectivity index (χ2n) is 13.8. The Labute approximate surface area is 345 Å². The van der Waals surface area contributed by atoms with Crippen LogP contribution in [0.15, 0.2) is 76.6 Å². The van der Waals surface area contributed by atoms with Gasteiger partial charge in [-0.25, -0.2) is 13.2 Å². The minimum absolute atomic E-state index is 0.00653. The Kier molecular flexibility index (Phi) is 16.1. The number of urea groups is 1. The first kappa shape index (κ1) is 44.3. The molecule has 310 valence electrons. The lowest BCUT2D eigenvalue weighted by Crippen LogP contribution is -2.55. The number of rotatable bonds is 18. The number of carbonyl (C=O) groups is 2. The minimum Gasteiger partial charge on any atom is -0.493 e. The Hall–Kier alpha value is -3.80. The fourth-order valence-electron chi connectivity index (χ4n) is 6.93. The van der Waals surface area contributed by atoms with E-state index in [1.807, 2.05) is 43.0 Å². The van der Waals surface area contributed by atoms with Gasteiger partial charge in [0.1, 0.15) is 17.6 Å². The molecule has 3 atom stereocenters.